The third kappa shape index (κ3) is 2.97. The quantitative estimate of drug-likeness (QED) is 0.894. The summed E-state index contributed by atoms with van der Waals surface area (Å²) in [6.45, 7) is 1.29. The highest BCUT2D eigenvalue weighted by Crippen LogP contribution is 2.18. The Bertz CT molecular complexity index is 730. The van der Waals surface area contributed by atoms with E-state index < -0.39 is 21.9 Å². The van der Waals surface area contributed by atoms with E-state index in [9.17, 15) is 12.8 Å². The molecule has 0 saturated carbocycles. The molecule has 0 aliphatic rings. The molecule has 0 bridgehead atoms. The van der Waals surface area contributed by atoms with Crippen molar-refractivity contribution in [3.05, 3.63) is 42.5 Å². The number of aliphatic hydroxyl groups is 1. The number of nitrogens with zero attached hydrogens (tertiary/aromatic N) is 3. The Hall–Kier alpha value is -1.77. The predicted molar refractivity (Wildman–Crippen MR) is 75.0 cm³/mol. The van der Waals surface area contributed by atoms with Crippen LogP contribution in [0.5, 0.6) is 0 Å². The molecule has 1 unspecified atom stereocenters. The molecule has 1 aromatic carbocycles. The van der Waals surface area contributed by atoms with Gasteiger partial charge in [0.1, 0.15) is 16.4 Å². The molecule has 2 rings (SSSR count). The van der Waals surface area contributed by atoms with E-state index in [2.05, 4.69) is 5.10 Å². The Morgan fingerprint density at radius 3 is 2.71 bits per heavy atom. The van der Waals surface area contributed by atoms with Gasteiger partial charge in [0.25, 0.3) is 0 Å². The van der Waals surface area contributed by atoms with Gasteiger partial charge in [-0.1, -0.05) is 12.1 Å². The van der Waals surface area contributed by atoms with Crippen molar-refractivity contribution in [2.75, 3.05) is 13.7 Å². The summed E-state index contributed by atoms with van der Waals surface area (Å²) in [6.07, 6.45) is 2.40. The summed E-state index contributed by atoms with van der Waals surface area (Å²) in [7, 11) is -2.41. The van der Waals surface area contributed by atoms with E-state index in [-0.39, 0.29) is 17.2 Å². The van der Waals surface area contributed by atoms with Crippen LogP contribution < -0.4 is 0 Å². The molecule has 0 aliphatic carbocycles. The summed E-state index contributed by atoms with van der Waals surface area (Å²) < 4.78 is 40.5. The molecule has 0 saturated heterocycles. The second-order valence-electron chi connectivity index (χ2n) is 4.62. The predicted octanol–water partition coefficient (Wildman–Crippen LogP) is 1.01. The third-order valence-electron chi connectivity index (χ3n) is 3.22. The first-order valence-corrected chi connectivity index (χ1v) is 7.70. The molecule has 114 valence electrons. The lowest BCUT2D eigenvalue weighted by Gasteiger charge is -2.21. The van der Waals surface area contributed by atoms with Crippen LogP contribution in [0.15, 0.2) is 41.6 Å². The van der Waals surface area contributed by atoms with Crippen molar-refractivity contribution in [2.24, 2.45) is 0 Å². The molecular formula is C13H16FN3O3S. The zero-order valence-electron chi connectivity index (χ0n) is 11.6. The van der Waals surface area contributed by atoms with Crippen molar-refractivity contribution in [1.29, 1.82) is 0 Å². The van der Waals surface area contributed by atoms with Gasteiger partial charge < -0.3 is 5.11 Å². The maximum atomic E-state index is 13.7. The minimum Gasteiger partial charge on any atom is -0.395 e. The van der Waals surface area contributed by atoms with Crippen molar-refractivity contribution >= 4 is 10.0 Å². The van der Waals surface area contributed by atoms with Gasteiger partial charge in [0.15, 0.2) is 0 Å². The maximum absolute atomic E-state index is 13.7. The topological polar surface area (TPSA) is 75.4 Å². The van der Waals surface area contributed by atoms with E-state index in [4.69, 9.17) is 5.11 Å². The highest BCUT2D eigenvalue weighted by Gasteiger charge is 2.26. The Morgan fingerprint density at radius 2 is 2.10 bits per heavy atom. The molecule has 0 amide bonds. The molecule has 8 heteroatoms. The van der Waals surface area contributed by atoms with Crippen LogP contribution in [0.2, 0.25) is 0 Å². The average Bonchev–Trinajstić information content (AvgIpc) is 2.96. The molecule has 6 nitrogen and oxygen atoms in total. The van der Waals surface area contributed by atoms with E-state index in [1.54, 1.807) is 13.0 Å². The lowest BCUT2D eigenvalue weighted by molar-refractivity contribution is 0.214. The molecule has 1 N–H and O–H groups in total. The molecule has 1 aromatic heterocycles. The van der Waals surface area contributed by atoms with Crippen LogP contribution in [-0.2, 0) is 10.0 Å². The van der Waals surface area contributed by atoms with Crippen molar-refractivity contribution < 1.29 is 17.9 Å². The van der Waals surface area contributed by atoms with Crippen molar-refractivity contribution in [3.63, 3.8) is 0 Å². The number of benzene rings is 1. The molecule has 0 aliphatic heterocycles. The van der Waals surface area contributed by atoms with Crippen LogP contribution in [0.25, 0.3) is 5.69 Å². The van der Waals surface area contributed by atoms with Gasteiger partial charge in [-0.15, -0.1) is 0 Å². The number of hydrogen-bond donors (Lipinski definition) is 1. The second kappa shape index (κ2) is 5.92. The number of rotatable bonds is 5. The molecule has 2 aromatic rings. The monoisotopic (exact) mass is 313 g/mol. The number of hydrogen-bond acceptors (Lipinski definition) is 4. The third-order valence-corrected chi connectivity index (χ3v) is 5.14. The van der Waals surface area contributed by atoms with Crippen LogP contribution in [0.4, 0.5) is 4.39 Å². The molecule has 0 spiro atoms. The lowest BCUT2D eigenvalue weighted by atomic mass is 10.3. The normalized spacial score (nSPS) is 13.6. The lowest BCUT2D eigenvalue weighted by Crippen LogP contribution is -2.37. The molecule has 0 fully saturated rings. The number of sulfonamides is 1. The first kappa shape index (κ1) is 15.6. The van der Waals surface area contributed by atoms with Crippen LogP contribution >= 0.6 is 0 Å². The average molecular weight is 313 g/mol. The van der Waals surface area contributed by atoms with Gasteiger partial charge in [-0.25, -0.2) is 17.5 Å². The van der Waals surface area contributed by atoms with E-state index in [1.807, 2.05) is 0 Å². The second-order valence-corrected chi connectivity index (χ2v) is 6.62. The van der Waals surface area contributed by atoms with E-state index in [0.717, 1.165) is 10.5 Å². The number of likely N-dealkylation sites (N-methyl/N-ethyl adjacent to an activating group) is 1. The summed E-state index contributed by atoms with van der Waals surface area (Å²) in [6, 6.07) is 5.38. The highest BCUT2D eigenvalue weighted by molar-refractivity contribution is 7.89. The summed E-state index contributed by atoms with van der Waals surface area (Å²) in [5.41, 5.74) is 0.164. The Balaban J connectivity index is 2.39. The van der Waals surface area contributed by atoms with Gasteiger partial charge in [0.05, 0.1) is 19.0 Å². The SMILES string of the molecule is CC(CO)N(C)S(=O)(=O)c1cnn(-c2ccccc2F)c1. The fourth-order valence-electron chi connectivity index (χ4n) is 1.73. The molecular weight excluding hydrogens is 297 g/mol. The number of aliphatic hydroxyl groups excluding tert-OH is 1. The smallest absolute Gasteiger partial charge is 0.246 e. The van der Waals surface area contributed by atoms with Crippen molar-refractivity contribution in [3.8, 4) is 5.69 Å². The standard InChI is InChI=1S/C13H16FN3O3S/c1-10(9-18)16(2)21(19,20)11-7-15-17(8-11)13-6-4-3-5-12(13)14/h3-8,10,18H,9H2,1-2H3. The minimum absolute atomic E-state index is 0.0615. The van der Waals surface area contributed by atoms with E-state index in [0.29, 0.717) is 0 Å². The van der Waals surface area contributed by atoms with Crippen LogP contribution in [-0.4, -0.2) is 47.3 Å². The zero-order valence-corrected chi connectivity index (χ0v) is 12.5. The maximum Gasteiger partial charge on any atom is 0.246 e. The van der Waals surface area contributed by atoms with Gasteiger partial charge >= 0.3 is 0 Å². The van der Waals surface area contributed by atoms with Crippen molar-refractivity contribution in [2.45, 2.75) is 17.9 Å². The van der Waals surface area contributed by atoms with Gasteiger partial charge in [-0.05, 0) is 19.1 Å². The number of aromatic nitrogens is 2. The molecule has 1 heterocycles. The Morgan fingerprint density at radius 1 is 1.43 bits per heavy atom. The Kier molecular flexibility index (Phi) is 4.40. The van der Waals surface area contributed by atoms with E-state index >= 15 is 0 Å². The van der Waals surface area contributed by atoms with Crippen LogP contribution in [0.1, 0.15) is 6.92 Å². The first-order valence-electron chi connectivity index (χ1n) is 6.26. The van der Waals surface area contributed by atoms with Crippen molar-refractivity contribution in [1.82, 2.24) is 14.1 Å². The summed E-state index contributed by atoms with van der Waals surface area (Å²) >= 11 is 0. The molecule has 21 heavy (non-hydrogen) atoms. The zero-order chi connectivity index (χ0) is 15.6. The fourth-order valence-corrected chi connectivity index (χ4v) is 3.01. The molecule has 0 radical (unpaired) electrons. The minimum atomic E-state index is -3.78. The fraction of sp³-hybridized carbons (Fsp3) is 0.308. The largest absolute Gasteiger partial charge is 0.395 e. The van der Waals surface area contributed by atoms with E-state index in [1.165, 1.54) is 36.1 Å². The Labute approximate surface area is 122 Å². The summed E-state index contributed by atoms with van der Waals surface area (Å²) in [4.78, 5) is -0.0615. The van der Waals surface area contributed by atoms with Gasteiger partial charge in [0.2, 0.25) is 10.0 Å². The van der Waals surface area contributed by atoms with Crippen LogP contribution in [0, 0.1) is 5.82 Å². The number of para-hydroxylation sites is 1. The van der Waals surface area contributed by atoms with Gasteiger partial charge in [-0.2, -0.15) is 9.40 Å². The van der Waals surface area contributed by atoms with Gasteiger partial charge in [-0.3, -0.25) is 0 Å². The molecule has 1 atom stereocenters. The van der Waals surface area contributed by atoms with Crippen LogP contribution in [0.3, 0.4) is 0 Å². The first-order chi connectivity index (χ1) is 9.87. The highest BCUT2D eigenvalue weighted by atomic mass is 32.2. The summed E-state index contributed by atoms with van der Waals surface area (Å²) in [5.74, 6) is -0.498. The van der Waals surface area contributed by atoms with Gasteiger partial charge in [0, 0.05) is 13.1 Å². The number of halogens is 1. The summed E-state index contributed by atoms with van der Waals surface area (Å²) in [5, 5.41) is 12.9.